The molecule has 36 heavy (non-hydrogen) atoms. The van der Waals surface area contributed by atoms with Gasteiger partial charge in [-0.25, -0.2) is 0 Å². The van der Waals surface area contributed by atoms with Crippen molar-refractivity contribution in [3.05, 3.63) is 59.7 Å². The van der Waals surface area contributed by atoms with Crippen molar-refractivity contribution >= 4 is 17.4 Å². The number of ether oxygens (including phenoxy) is 1. The molecule has 8 nitrogen and oxygen atoms in total. The third kappa shape index (κ3) is 6.91. The molecule has 194 valence electrons. The molecule has 0 aromatic heterocycles. The molecule has 4 rings (SSSR count). The third-order valence-corrected chi connectivity index (χ3v) is 7.14. The molecule has 3 unspecified atom stereocenters. The number of nitrogens with zero attached hydrogens (tertiary/aromatic N) is 1. The molecule has 2 heterocycles. The number of para-hydroxylation sites is 1. The zero-order chi connectivity index (χ0) is 25.3. The molecule has 1 saturated heterocycles. The first-order valence-corrected chi connectivity index (χ1v) is 12.9. The van der Waals surface area contributed by atoms with Gasteiger partial charge in [0.25, 0.3) is 0 Å². The van der Waals surface area contributed by atoms with Crippen LogP contribution in [0.25, 0.3) is 0 Å². The standard InChI is InChI=1S/C28H37N3O5/c32-18-23-22-6-1-2-7-24(22)30-26(23)27(33)31-25(28(34)35)17-20-8-10-21(11-9-20)36-16-4-3-5-19-12-14-29-15-13-19/h1-2,6-11,19,23,25,27,29,31-33H,3-5,12-18H2,(H,34,35). The van der Waals surface area contributed by atoms with Crippen molar-refractivity contribution in [1.82, 2.24) is 10.6 Å². The van der Waals surface area contributed by atoms with E-state index in [9.17, 15) is 20.1 Å². The van der Waals surface area contributed by atoms with Crippen molar-refractivity contribution < 1.29 is 24.9 Å². The van der Waals surface area contributed by atoms with Gasteiger partial charge in [0.05, 0.1) is 30.5 Å². The number of aliphatic hydroxyl groups excluding tert-OH is 2. The Labute approximate surface area is 212 Å². The molecular weight excluding hydrogens is 458 g/mol. The van der Waals surface area contributed by atoms with E-state index in [0.29, 0.717) is 18.0 Å². The maximum atomic E-state index is 11.9. The average molecular weight is 496 g/mol. The van der Waals surface area contributed by atoms with Crippen LogP contribution in [0.4, 0.5) is 5.69 Å². The fourth-order valence-electron chi connectivity index (χ4n) is 5.05. The van der Waals surface area contributed by atoms with Crippen LogP contribution in [-0.4, -0.2) is 65.6 Å². The highest BCUT2D eigenvalue weighted by molar-refractivity contribution is 6.01. The fourth-order valence-corrected chi connectivity index (χ4v) is 5.05. The van der Waals surface area contributed by atoms with Gasteiger partial charge < -0.3 is 25.4 Å². The lowest BCUT2D eigenvalue weighted by Crippen LogP contribution is -2.49. The SMILES string of the molecule is O=C(O)C(Cc1ccc(OCCCCC2CCNCC2)cc1)NC(O)C1=Nc2ccccc2C1CO. The Hall–Kier alpha value is -2.78. The second-order valence-electron chi connectivity index (χ2n) is 9.68. The van der Waals surface area contributed by atoms with Crippen molar-refractivity contribution in [2.45, 2.75) is 56.7 Å². The van der Waals surface area contributed by atoms with Crippen LogP contribution >= 0.6 is 0 Å². The number of carbonyl (C=O) groups is 1. The second-order valence-corrected chi connectivity index (χ2v) is 9.68. The summed E-state index contributed by atoms with van der Waals surface area (Å²) in [6.45, 7) is 2.73. The number of carboxylic acid groups (broad SMARTS) is 1. The lowest BCUT2D eigenvalue weighted by Gasteiger charge is -2.22. The number of carboxylic acids is 1. The number of fused-ring (bicyclic) bond motifs is 1. The Kier molecular flexibility index (Phi) is 9.47. The molecule has 2 aliphatic heterocycles. The molecule has 2 aromatic rings. The second kappa shape index (κ2) is 13.0. The largest absolute Gasteiger partial charge is 0.494 e. The Morgan fingerprint density at radius 1 is 1.11 bits per heavy atom. The van der Waals surface area contributed by atoms with E-state index in [-0.39, 0.29) is 13.0 Å². The van der Waals surface area contributed by atoms with Crippen LogP contribution in [0.3, 0.4) is 0 Å². The van der Waals surface area contributed by atoms with E-state index < -0.39 is 24.2 Å². The lowest BCUT2D eigenvalue weighted by molar-refractivity contribution is -0.140. The minimum atomic E-state index is -1.29. The number of hydrogen-bond acceptors (Lipinski definition) is 7. The minimum Gasteiger partial charge on any atom is -0.494 e. The first kappa shape index (κ1) is 26.3. The maximum Gasteiger partial charge on any atom is 0.321 e. The number of aliphatic carboxylic acids is 1. The van der Waals surface area contributed by atoms with Gasteiger partial charge in [-0.05, 0) is 80.4 Å². The van der Waals surface area contributed by atoms with Gasteiger partial charge in [0.2, 0.25) is 0 Å². The predicted molar refractivity (Wildman–Crippen MR) is 139 cm³/mol. The molecule has 3 atom stereocenters. The summed E-state index contributed by atoms with van der Waals surface area (Å²) in [5.41, 5.74) is 2.65. The molecule has 2 aromatic carbocycles. The first-order chi connectivity index (χ1) is 17.5. The molecule has 5 N–H and O–H groups in total. The minimum absolute atomic E-state index is 0.187. The number of unbranched alkanes of at least 4 members (excludes halogenated alkanes) is 1. The molecular formula is C28H37N3O5. The molecule has 0 bridgehead atoms. The van der Waals surface area contributed by atoms with Crippen LogP contribution in [0, 0.1) is 5.92 Å². The molecule has 0 aliphatic carbocycles. The predicted octanol–water partition coefficient (Wildman–Crippen LogP) is 3.00. The summed E-state index contributed by atoms with van der Waals surface area (Å²) in [4.78, 5) is 16.4. The highest BCUT2D eigenvalue weighted by Gasteiger charge is 2.33. The van der Waals surface area contributed by atoms with Crippen molar-refractivity contribution in [2.24, 2.45) is 10.9 Å². The Morgan fingerprint density at radius 2 is 1.86 bits per heavy atom. The van der Waals surface area contributed by atoms with Gasteiger partial charge in [0.1, 0.15) is 18.0 Å². The Morgan fingerprint density at radius 3 is 2.58 bits per heavy atom. The molecule has 0 saturated carbocycles. The summed E-state index contributed by atoms with van der Waals surface area (Å²) in [5, 5.41) is 36.5. The molecule has 0 radical (unpaired) electrons. The zero-order valence-corrected chi connectivity index (χ0v) is 20.6. The van der Waals surface area contributed by atoms with Crippen molar-refractivity contribution in [1.29, 1.82) is 0 Å². The number of hydrogen-bond donors (Lipinski definition) is 5. The molecule has 0 amide bonds. The summed E-state index contributed by atoms with van der Waals surface area (Å²) in [6, 6.07) is 13.8. The van der Waals surface area contributed by atoms with Gasteiger partial charge in [-0.3, -0.25) is 15.1 Å². The van der Waals surface area contributed by atoms with E-state index in [4.69, 9.17) is 4.74 Å². The average Bonchev–Trinajstić information content (AvgIpc) is 3.28. The number of benzene rings is 2. The van der Waals surface area contributed by atoms with E-state index in [1.165, 1.54) is 25.7 Å². The first-order valence-electron chi connectivity index (χ1n) is 12.9. The summed E-state index contributed by atoms with van der Waals surface area (Å²) >= 11 is 0. The van der Waals surface area contributed by atoms with E-state index in [1.807, 2.05) is 48.5 Å². The van der Waals surface area contributed by atoms with Crippen LogP contribution in [0.15, 0.2) is 53.5 Å². The van der Waals surface area contributed by atoms with Crippen LogP contribution < -0.4 is 15.4 Å². The number of aliphatic imine (C=N–C) groups is 1. The van der Waals surface area contributed by atoms with Gasteiger partial charge in [0, 0.05) is 0 Å². The fraction of sp³-hybridized carbons (Fsp3) is 0.500. The topological polar surface area (TPSA) is 123 Å². The van der Waals surface area contributed by atoms with Crippen LogP contribution in [0.1, 0.15) is 49.1 Å². The zero-order valence-electron chi connectivity index (χ0n) is 20.6. The summed E-state index contributed by atoms with van der Waals surface area (Å²) in [7, 11) is 0. The highest BCUT2D eigenvalue weighted by atomic mass is 16.5. The van der Waals surface area contributed by atoms with Gasteiger partial charge in [-0.15, -0.1) is 0 Å². The van der Waals surface area contributed by atoms with E-state index >= 15 is 0 Å². The quantitative estimate of drug-likeness (QED) is 0.214. The highest BCUT2D eigenvalue weighted by Crippen LogP contribution is 2.35. The summed E-state index contributed by atoms with van der Waals surface area (Å²) in [6.07, 6.45) is 4.90. The Bertz CT molecular complexity index is 1020. The number of nitrogens with one attached hydrogen (secondary N) is 2. The maximum absolute atomic E-state index is 11.9. The Balaban J connectivity index is 1.25. The van der Waals surface area contributed by atoms with E-state index in [0.717, 1.165) is 42.3 Å². The number of piperidine rings is 1. The van der Waals surface area contributed by atoms with Gasteiger partial charge in [-0.2, -0.15) is 0 Å². The van der Waals surface area contributed by atoms with Crippen molar-refractivity contribution in [2.75, 3.05) is 26.3 Å². The van der Waals surface area contributed by atoms with Gasteiger partial charge >= 0.3 is 5.97 Å². The van der Waals surface area contributed by atoms with E-state index in [1.54, 1.807) is 0 Å². The van der Waals surface area contributed by atoms with Crippen molar-refractivity contribution in [3.8, 4) is 5.75 Å². The number of rotatable bonds is 13. The summed E-state index contributed by atoms with van der Waals surface area (Å²) < 4.78 is 5.87. The molecule has 0 spiro atoms. The molecule has 8 heteroatoms. The smallest absolute Gasteiger partial charge is 0.321 e. The van der Waals surface area contributed by atoms with Crippen molar-refractivity contribution in [3.63, 3.8) is 0 Å². The van der Waals surface area contributed by atoms with E-state index in [2.05, 4.69) is 15.6 Å². The van der Waals surface area contributed by atoms with Crippen LogP contribution in [0.5, 0.6) is 5.75 Å². The monoisotopic (exact) mass is 495 g/mol. The lowest BCUT2D eigenvalue weighted by atomic mass is 9.93. The number of aliphatic hydroxyl groups is 2. The molecule has 2 aliphatic rings. The van der Waals surface area contributed by atoms with Crippen LogP contribution in [0.2, 0.25) is 0 Å². The summed E-state index contributed by atoms with van der Waals surface area (Å²) in [5.74, 6) is 0.0730. The van der Waals surface area contributed by atoms with Gasteiger partial charge in [0.15, 0.2) is 0 Å². The van der Waals surface area contributed by atoms with Gasteiger partial charge in [-0.1, -0.05) is 36.8 Å². The third-order valence-electron chi connectivity index (χ3n) is 7.14. The van der Waals surface area contributed by atoms with Crippen LogP contribution in [-0.2, 0) is 11.2 Å². The normalized spacial score (nSPS) is 19.4. The molecule has 1 fully saturated rings.